The first kappa shape index (κ1) is 12.4. The standard InChI is InChI=1S/C16H19NO2/c1-15(2)8-11(18)9-16(10-15)13-7-5-4-6-12(13)14(19)17(16)3/h4-7H,8-10H2,1-3H3. The summed E-state index contributed by atoms with van der Waals surface area (Å²) >= 11 is 0. The zero-order valence-corrected chi connectivity index (χ0v) is 11.7. The molecule has 1 aromatic rings. The van der Waals surface area contributed by atoms with Crippen LogP contribution in [0.2, 0.25) is 0 Å². The van der Waals surface area contributed by atoms with Gasteiger partial charge in [0.1, 0.15) is 5.78 Å². The van der Waals surface area contributed by atoms with Gasteiger partial charge in [0.05, 0.1) is 5.54 Å². The van der Waals surface area contributed by atoms with Crippen molar-refractivity contribution in [3.05, 3.63) is 35.4 Å². The maximum absolute atomic E-state index is 12.4. The molecule has 1 amide bonds. The van der Waals surface area contributed by atoms with Crippen LogP contribution >= 0.6 is 0 Å². The highest BCUT2D eigenvalue weighted by atomic mass is 16.2. The number of hydrogen-bond donors (Lipinski definition) is 0. The predicted octanol–water partition coefficient (Wildman–Crippen LogP) is 2.75. The van der Waals surface area contributed by atoms with E-state index in [1.807, 2.05) is 31.3 Å². The van der Waals surface area contributed by atoms with Crippen molar-refractivity contribution in [1.29, 1.82) is 0 Å². The van der Waals surface area contributed by atoms with E-state index in [0.29, 0.717) is 12.8 Å². The van der Waals surface area contributed by atoms with Crippen LogP contribution in [0.15, 0.2) is 24.3 Å². The summed E-state index contributed by atoms with van der Waals surface area (Å²) in [4.78, 5) is 26.4. The molecule has 3 rings (SSSR count). The second-order valence-electron chi connectivity index (χ2n) is 6.67. The molecule has 2 aliphatic rings. The van der Waals surface area contributed by atoms with Gasteiger partial charge in [0.25, 0.3) is 5.91 Å². The van der Waals surface area contributed by atoms with Gasteiger partial charge in [-0.05, 0) is 23.5 Å². The molecule has 1 saturated carbocycles. The number of Topliss-reactive ketones (excluding diaryl/α,β-unsaturated/α-hetero) is 1. The van der Waals surface area contributed by atoms with E-state index < -0.39 is 5.54 Å². The lowest BCUT2D eigenvalue weighted by atomic mass is 9.65. The molecule has 1 atom stereocenters. The number of carbonyl (C=O) groups is 2. The number of amides is 1. The van der Waals surface area contributed by atoms with Gasteiger partial charge >= 0.3 is 0 Å². The Balaban J connectivity index is 2.18. The third kappa shape index (κ3) is 1.64. The normalized spacial score (nSPS) is 28.9. The van der Waals surface area contributed by atoms with Crippen LogP contribution in [0.4, 0.5) is 0 Å². The summed E-state index contributed by atoms with van der Waals surface area (Å²) in [5.74, 6) is 0.300. The quantitative estimate of drug-likeness (QED) is 0.716. The van der Waals surface area contributed by atoms with Crippen molar-refractivity contribution in [3.63, 3.8) is 0 Å². The van der Waals surface area contributed by atoms with E-state index in [1.165, 1.54) is 0 Å². The van der Waals surface area contributed by atoms with Crippen LogP contribution in [0.3, 0.4) is 0 Å². The number of rotatable bonds is 0. The first-order valence-electron chi connectivity index (χ1n) is 6.75. The van der Waals surface area contributed by atoms with E-state index >= 15 is 0 Å². The van der Waals surface area contributed by atoms with Crippen LogP contribution in [0, 0.1) is 5.41 Å². The van der Waals surface area contributed by atoms with Crippen LogP contribution in [0.25, 0.3) is 0 Å². The molecule has 1 aliphatic heterocycles. The molecular weight excluding hydrogens is 238 g/mol. The van der Waals surface area contributed by atoms with Crippen LogP contribution < -0.4 is 0 Å². The van der Waals surface area contributed by atoms with Crippen molar-refractivity contribution in [3.8, 4) is 0 Å². The lowest BCUT2D eigenvalue weighted by molar-refractivity contribution is -0.128. The molecule has 1 aliphatic carbocycles. The summed E-state index contributed by atoms with van der Waals surface area (Å²) < 4.78 is 0. The van der Waals surface area contributed by atoms with E-state index in [4.69, 9.17) is 0 Å². The highest BCUT2D eigenvalue weighted by Crippen LogP contribution is 2.52. The minimum absolute atomic E-state index is 0.0427. The van der Waals surface area contributed by atoms with Crippen LogP contribution in [0.5, 0.6) is 0 Å². The molecule has 19 heavy (non-hydrogen) atoms. The molecule has 1 aromatic carbocycles. The highest BCUT2D eigenvalue weighted by Gasteiger charge is 2.53. The van der Waals surface area contributed by atoms with Crippen molar-refractivity contribution in [1.82, 2.24) is 4.90 Å². The summed E-state index contributed by atoms with van der Waals surface area (Å²) in [6.07, 6.45) is 1.92. The second kappa shape index (κ2) is 3.69. The average molecular weight is 257 g/mol. The lowest BCUT2D eigenvalue weighted by Crippen LogP contribution is -2.49. The fourth-order valence-electron chi connectivity index (χ4n) is 3.90. The molecule has 3 nitrogen and oxygen atoms in total. The Kier molecular flexibility index (Phi) is 2.40. The lowest BCUT2D eigenvalue weighted by Gasteiger charge is -2.46. The van der Waals surface area contributed by atoms with Gasteiger partial charge in [-0.1, -0.05) is 32.0 Å². The molecular formula is C16H19NO2. The minimum atomic E-state index is -0.424. The van der Waals surface area contributed by atoms with Crippen LogP contribution in [-0.4, -0.2) is 23.6 Å². The average Bonchev–Trinajstić information content (AvgIpc) is 2.51. The molecule has 1 spiro atoms. The maximum Gasteiger partial charge on any atom is 0.254 e. The number of carbonyl (C=O) groups excluding carboxylic acids is 2. The highest BCUT2D eigenvalue weighted by molar-refractivity contribution is 6.01. The molecule has 3 heteroatoms. The van der Waals surface area contributed by atoms with Crippen LogP contribution in [-0.2, 0) is 10.3 Å². The first-order valence-corrected chi connectivity index (χ1v) is 6.75. The number of hydrogen-bond acceptors (Lipinski definition) is 2. The van der Waals surface area contributed by atoms with Gasteiger partial charge in [0.2, 0.25) is 0 Å². The molecule has 1 unspecified atom stereocenters. The molecule has 0 N–H and O–H groups in total. The zero-order chi connectivity index (χ0) is 13.8. The third-order valence-electron chi connectivity index (χ3n) is 4.54. The Hall–Kier alpha value is -1.64. The molecule has 100 valence electrons. The number of ketones is 1. The molecule has 1 heterocycles. The van der Waals surface area contributed by atoms with E-state index in [9.17, 15) is 9.59 Å². The van der Waals surface area contributed by atoms with Crippen molar-refractivity contribution < 1.29 is 9.59 Å². The van der Waals surface area contributed by atoms with Crippen molar-refractivity contribution in [2.75, 3.05) is 7.05 Å². The van der Waals surface area contributed by atoms with Gasteiger partial charge < -0.3 is 4.90 Å². The molecule has 0 bridgehead atoms. The van der Waals surface area contributed by atoms with Gasteiger partial charge in [-0.15, -0.1) is 0 Å². The first-order chi connectivity index (χ1) is 8.86. The Labute approximate surface area is 113 Å². The van der Waals surface area contributed by atoms with Gasteiger partial charge in [0, 0.05) is 25.5 Å². The topological polar surface area (TPSA) is 37.4 Å². The molecule has 0 radical (unpaired) electrons. The van der Waals surface area contributed by atoms with Crippen molar-refractivity contribution in [2.24, 2.45) is 5.41 Å². The summed E-state index contributed by atoms with van der Waals surface area (Å²) in [6, 6.07) is 7.72. The second-order valence-corrected chi connectivity index (χ2v) is 6.67. The molecule has 0 aromatic heterocycles. The van der Waals surface area contributed by atoms with Crippen molar-refractivity contribution in [2.45, 2.75) is 38.6 Å². The van der Waals surface area contributed by atoms with Gasteiger partial charge in [-0.3, -0.25) is 9.59 Å². The fraction of sp³-hybridized carbons (Fsp3) is 0.500. The van der Waals surface area contributed by atoms with Crippen LogP contribution in [0.1, 0.15) is 49.0 Å². The minimum Gasteiger partial charge on any atom is -0.331 e. The van der Waals surface area contributed by atoms with E-state index in [-0.39, 0.29) is 17.1 Å². The molecule has 0 saturated heterocycles. The van der Waals surface area contributed by atoms with Gasteiger partial charge in [-0.25, -0.2) is 0 Å². The van der Waals surface area contributed by atoms with E-state index in [2.05, 4.69) is 13.8 Å². The Bertz CT molecular complexity index is 576. The van der Waals surface area contributed by atoms with Crippen molar-refractivity contribution >= 4 is 11.7 Å². The number of benzene rings is 1. The Morgan fingerprint density at radius 2 is 1.79 bits per heavy atom. The Morgan fingerprint density at radius 1 is 1.11 bits per heavy atom. The number of nitrogens with zero attached hydrogens (tertiary/aromatic N) is 1. The third-order valence-corrected chi connectivity index (χ3v) is 4.54. The zero-order valence-electron chi connectivity index (χ0n) is 11.7. The smallest absolute Gasteiger partial charge is 0.254 e. The fourth-order valence-corrected chi connectivity index (χ4v) is 3.90. The molecule has 1 fully saturated rings. The SMILES string of the molecule is CN1C(=O)c2ccccc2C12CC(=O)CC(C)(C)C2. The van der Waals surface area contributed by atoms with Gasteiger partial charge in [0.15, 0.2) is 0 Å². The summed E-state index contributed by atoms with van der Waals surface area (Å²) in [6.45, 7) is 4.23. The summed E-state index contributed by atoms with van der Waals surface area (Å²) in [5.41, 5.74) is 1.31. The summed E-state index contributed by atoms with van der Waals surface area (Å²) in [7, 11) is 1.83. The van der Waals surface area contributed by atoms with E-state index in [0.717, 1.165) is 17.5 Å². The Morgan fingerprint density at radius 3 is 2.47 bits per heavy atom. The largest absolute Gasteiger partial charge is 0.331 e. The number of fused-ring (bicyclic) bond motifs is 2. The monoisotopic (exact) mass is 257 g/mol. The maximum atomic E-state index is 12.4. The van der Waals surface area contributed by atoms with Gasteiger partial charge in [-0.2, -0.15) is 0 Å². The predicted molar refractivity (Wildman–Crippen MR) is 72.9 cm³/mol. The van der Waals surface area contributed by atoms with E-state index in [1.54, 1.807) is 4.90 Å². The summed E-state index contributed by atoms with van der Waals surface area (Å²) in [5, 5.41) is 0.